The quantitative estimate of drug-likeness (QED) is 0.669. The summed E-state index contributed by atoms with van der Waals surface area (Å²) < 4.78 is 6.35. The molecule has 2 aromatic heterocycles. The van der Waals surface area contributed by atoms with Crippen molar-refractivity contribution in [3.05, 3.63) is 45.6 Å². The van der Waals surface area contributed by atoms with E-state index in [-0.39, 0.29) is 6.04 Å². The first-order valence-electron chi connectivity index (χ1n) is 5.69. The summed E-state index contributed by atoms with van der Waals surface area (Å²) in [6.07, 6.45) is 2.41. The number of aryl methyl sites for hydroxylation is 2. The molecule has 0 aliphatic carbocycles. The number of nitrogens with zero attached hydrogens (tertiary/aromatic N) is 2. The predicted molar refractivity (Wildman–Crippen MR) is 71.7 cm³/mol. The van der Waals surface area contributed by atoms with Gasteiger partial charge in [-0.2, -0.15) is 10.2 Å². The van der Waals surface area contributed by atoms with Gasteiger partial charge in [-0.1, -0.05) is 6.92 Å². The zero-order valence-corrected chi connectivity index (χ0v) is 11.9. The number of hydrogen-bond donors (Lipinski definition) is 2. The molecule has 0 amide bonds. The van der Waals surface area contributed by atoms with Gasteiger partial charge in [0.1, 0.15) is 11.8 Å². The Morgan fingerprint density at radius 1 is 1.50 bits per heavy atom. The summed E-state index contributed by atoms with van der Waals surface area (Å²) in [5, 5.41) is 8.27. The van der Waals surface area contributed by atoms with Gasteiger partial charge in [0.25, 0.3) is 0 Å². The highest BCUT2D eigenvalue weighted by atomic mass is 79.9. The van der Waals surface area contributed by atoms with Crippen molar-refractivity contribution >= 4 is 15.9 Å². The van der Waals surface area contributed by atoms with Gasteiger partial charge in [-0.25, -0.2) is 5.43 Å². The molecule has 0 aromatic carbocycles. The van der Waals surface area contributed by atoms with Crippen LogP contribution in [0.5, 0.6) is 0 Å². The molecular weight excluding hydrogens is 296 g/mol. The lowest BCUT2D eigenvalue weighted by Crippen LogP contribution is -2.30. The summed E-state index contributed by atoms with van der Waals surface area (Å²) in [5.74, 6) is 6.40. The average molecular weight is 311 g/mol. The van der Waals surface area contributed by atoms with Gasteiger partial charge in [-0.15, -0.1) is 0 Å². The van der Waals surface area contributed by atoms with Crippen LogP contribution >= 0.6 is 15.9 Å². The highest BCUT2D eigenvalue weighted by molar-refractivity contribution is 9.10. The number of nitrogens with one attached hydrogen (secondary N) is 1. The molecule has 2 aromatic rings. The molecule has 18 heavy (non-hydrogen) atoms. The maximum atomic E-state index is 5.66. The number of rotatable bonds is 4. The Labute approximate surface area is 114 Å². The van der Waals surface area contributed by atoms with Crippen LogP contribution in [0.2, 0.25) is 0 Å². The number of halogens is 1. The Balaban J connectivity index is 2.51. The minimum absolute atomic E-state index is 0.237. The van der Waals surface area contributed by atoms with Crippen LogP contribution in [0.15, 0.2) is 27.3 Å². The second kappa shape index (κ2) is 5.60. The molecule has 2 heterocycles. The van der Waals surface area contributed by atoms with Gasteiger partial charge in [0.15, 0.2) is 0 Å². The third kappa shape index (κ3) is 2.45. The Morgan fingerprint density at radius 3 is 2.83 bits per heavy atom. The first kappa shape index (κ1) is 13.2. The maximum Gasteiger partial charge on any atom is 0.140 e. The predicted octanol–water partition coefficient (Wildman–Crippen LogP) is 2.26. The molecule has 1 atom stereocenters. The zero-order chi connectivity index (χ0) is 13.1. The molecule has 5 nitrogen and oxygen atoms in total. The number of hydrazine groups is 1. The molecule has 0 radical (unpaired) electrons. The summed E-state index contributed by atoms with van der Waals surface area (Å²) in [5.41, 5.74) is 5.52. The van der Waals surface area contributed by atoms with Gasteiger partial charge >= 0.3 is 0 Å². The molecule has 0 fully saturated rings. The van der Waals surface area contributed by atoms with E-state index in [0.717, 1.165) is 33.6 Å². The van der Waals surface area contributed by atoms with E-state index >= 15 is 0 Å². The molecule has 0 aliphatic rings. The van der Waals surface area contributed by atoms with Gasteiger partial charge in [0.2, 0.25) is 0 Å². The molecule has 2 rings (SSSR count). The summed E-state index contributed by atoms with van der Waals surface area (Å²) >= 11 is 3.44. The largest absolute Gasteiger partial charge is 0.466 e. The van der Waals surface area contributed by atoms with Crippen molar-refractivity contribution in [2.24, 2.45) is 5.84 Å². The van der Waals surface area contributed by atoms with Gasteiger partial charge in [0, 0.05) is 5.56 Å². The van der Waals surface area contributed by atoms with Crippen molar-refractivity contribution in [3.63, 3.8) is 0 Å². The fourth-order valence-corrected chi connectivity index (χ4v) is 2.31. The van der Waals surface area contributed by atoms with E-state index in [4.69, 9.17) is 10.3 Å². The number of hydrogen-bond acceptors (Lipinski definition) is 5. The minimum atomic E-state index is -0.237. The Morgan fingerprint density at radius 2 is 2.28 bits per heavy atom. The molecule has 6 heteroatoms. The van der Waals surface area contributed by atoms with Crippen LogP contribution < -0.4 is 11.3 Å². The molecule has 96 valence electrons. The molecule has 3 N–H and O–H groups in total. The normalized spacial score (nSPS) is 12.7. The van der Waals surface area contributed by atoms with E-state index < -0.39 is 0 Å². The van der Waals surface area contributed by atoms with E-state index in [2.05, 4.69) is 31.6 Å². The molecule has 0 spiro atoms. The van der Waals surface area contributed by atoms with Crippen LogP contribution in [0.4, 0.5) is 0 Å². The number of furan rings is 1. The lowest BCUT2D eigenvalue weighted by Gasteiger charge is -2.17. The summed E-state index contributed by atoms with van der Waals surface area (Å²) in [6, 6.07) is 3.58. The first-order chi connectivity index (χ1) is 8.67. The molecule has 0 saturated carbocycles. The van der Waals surface area contributed by atoms with Crippen LogP contribution in [-0.2, 0) is 6.42 Å². The topological polar surface area (TPSA) is 77.0 Å². The molecule has 0 bridgehead atoms. The van der Waals surface area contributed by atoms with Crippen molar-refractivity contribution in [1.82, 2.24) is 15.6 Å². The fourth-order valence-electron chi connectivity index (χ4n) is 1.88. The smallest absolute Gasteiger partial charge is 0.140 e. The first-order valence-corrected chi connectivity index (χ1v) is 6.48. The monoisotopic (exact) mass is 310 g/mol. The second-order valence-corrected chi connectivity index (χ2v) is 4.83. The van der Waals surface area contributed by atoms with Crippen molar-refractivity contribution in [2.75, 3.05) is 0 Å². The Kier molecular flexibility index (Phi) is 4.11. The van der Waals surface area contributed by atoms with Crippen molar-refractivity contribution < 1.29 is 4.42 Å². The van der Waals surface area contributed by atoms with E-state index in [1.54, 1.807) is 6.26 Å². The molecule has 0 aliphatic heterocycles. The summed E-state index contributed by atoms with van der Waals surface area (Å²) in [6.45, 7) is 3.94. The second-order valence-electron chi connectivity index (χ2n) is 3.97. The van der Waals surface area contributed by atoms with E-state index in [1.165, 1.54) is 0 Å². The van der Waals surface area contributed by atoms with Crippen LogP contribution in [0, 0.1) is 6.92 Å². The lowest BCUT2D eigenvalue weighted by molar-refractivity contribution is 0.447. The van der Waals surface area contributed by atoms with Crippen LogP contribution in [0.3, 0.4) is 0 Å². The third-order valence-electron chi connectivity index (χ3n) is 2.75. The lowest BCUT2D eigenvalue weighted by atomic mass is 10.0. The minimum Gasteiger partial charge on any atom is -0.466 e. The van der Waals surface area contributed by atoms with Gasteiger partial charge in [0.05, 0.1) is 22.1 Å². The van der Waals surface area contributed by atoms with Crippen molar-refractivity contribution in [1.29, 1.82) is 0 Å². The van der Waals surface area contributed by atoms with E-state index in [0.29, 0.717) is 0 Å². The fraction of sp³-hybridized carbons (Fsp3) is 0.333. The van der Waals surface area contributed by atoms with E-state index in [1.807, 2.05) is 26.0 Å². The Bertz CT molecular complexity index is 541. The number of aromatic nitrogens is 2. The SMILES string of the molecule is CCc1nnc(C)cc1C(NN)c1occc1Br. The molecular formula is C12H15BrN4O. The highest BCUT2D eigenvalue weighted by Gasteiger charge is 2.22. The maximum absolute atomic E-state index is 5.66. The van der Waals surface area contributed by atoms with Crippen LogP contribution in [0.1, 0.15) is 35.7 Å². The van der Waals surface area contributed by atoms with Gasteiger partial charge in [-0.05, 0) is 41.4 Å². The standard InChI is InChI=1S/C12H15BrN4O/c1-3-10-8(6-7(2)16-17-10)11(15-14)12-9(13)4-5-18-12/h4-6,11,15H,3,14H2,1-2H3. The van der Waals surface area contributed by atoms with Crippen LogP contribution in [-0.4, -0.2) is 10.2 Å². The zero-order valence-electron chi connectivity index (χ0n) is 10.3. The Hall–Kier alpha value is -1.24. The van der Waals surface area contributed by atoms with Crippen molar-refractivity contribution in [2.45, 2.75) is 26.3 Å². The van der Waals surface area contributed by atoms with Gasteiger partial charge in [-0.3, -0.25) is 5.84 Å². The summed E-state index contributed by atoms with van der Waals surface area (Å²) in [4.78, 5) is 0. The molecule has 1 unspecified atom stereocenters. The highest BCUT2D eigenvalue weighted by Crippen LogP contribution is 2.30. The number of nitrogens with two attached hydrogens (primary N) is 1. The average Bonchev–Trinajstić information content (AvgIpc) is 2.77. The summed E-state index contributed by atoms with van der Waals surface area (Å²) in [7, 11) is 0. The molecule has 0 saturated heterocycles. The van der Waals surface area contributed by atoms with Gasteiger partial charge < -0.3 is 4.42 Å². The van der Waals surface area contributed by atoms with E-state index in [9.17, 15) is 0 Å². The van der Waals surface area contributed by atoms with Crippen molar-refractivity contribution in [3.8, 4) is 0 Å². The van der Waals surface area contributed by atoms with Crippen LogP contribution in [0.25, 0.3) is 0 Å². The third-order valence-corrected chi connectivity index (χ3v) is 3.40.